The van der Waals surface area contributed by atoms with Crippen molar-refractivity contribution >= 4 is 61.8 Å². The Hall–Kier alpha value is -1.78. The summed E-state index contributed by atoms with van der Waals surface area (Å²) in [6.45, 7) is 3.84. The minimum atomic E-state index is -1.12. The number of hydrogen-bond donors (Lipinski definition) is 2. The molecule has 2 N–H and O–H groups in total. The number of aryl methyl sites for hydroxylation is 1. The van der Waals surface area contributed by atoms with Gasteiger partial charge in [-0.2, -0.15) is 0 Å². The zero-order chi connectivity index (χ0) is 24.0. The lowest BCUT2D eigenvalue weighted by Gasteiger charge is -2.34. The summed E-state index contributed by atoms with van der Waals surface area (Å²) < 4.78 is 5.09. The van der Waals surface area contributed by atoms with Crippen LogP contribution in [0.25, 0.3) is 0 Å². The third-order valence-corrected chi connectivity index (χ3v) is 6.41. The molecule has 0 aliphatic heterocycles. The number of nitrogens with one attached hydrogen (secondary N) is 1. The van der Waals surface area contributed by atoms with E-state index in [9.17, 15) is 14.7 Å². The fourth-order valence-corrected chi connectivity index (χ4v) is 4.91. The number of hydrogen-bond acceptors (Lipinski definition) is 5. The van der Waals surface area contributed by atoms with E-state index in [0.29, 0.717) is 25.4 Å². The SMILES string of the molecule is CN=C(Br)N(/C(=C/C(=O)O)C(NSc1cc(Cl)cn(C)c1=O)c1ccc(Cl)cc1)C(C)C. The van der Waals surface area contributed by atoms with E-state index in [1.165, 1.54) is 10.8 Å². The lowest BCUT2D eigenvalue weighted by Crippen LogP contribution is -2.38. The number of carbonyl (C=O) groups is 1. The third kappa shape index (κ3) is 6.86. The van der Waals surface area contributed by atoms with E-state index >= 15 is 0 Å². The van der Waals surface area contributed by atoms with Crippen LogP contribution in [0.3, 0.4) is 0 Å². The highest BCUT2D eigenvalue weighted by Gasteiger charge is 2.28. The van der Waals surface area contributed by atoms with Crippen LogP contribution in [0.5, 0.6) is 0 Å². The zero-order valence-electron chi connectivity index (χ0n) is 17.8. The predicted molar refractivity (Wildman–Crippen MR) is 135 cm³/mol. The van der Waals surface area contributed by atoms with Crippen molar-refractivity contribution in [2.75, 3.05) is 7.05 Å². The molecule has 0 saturated carbocycles. The Morgan fingerprint density at radius 1 is 1.28 bits per heavy atom. The van der Waals surface area contributed by atoms with Crippen LogP contribution in [0, 0.1) is 0 Å². The van der Waals surface area contributed by atoms with E-state index in [4.69, 9.17) is 23.2 Å². The number of nitrogens with zero attached hydrogens (tertiary/aromatic N) is 3. The smallest absolute Gasteiger partial charge is 0.330 e. The first kappa shape index (κ1) is 26.5. The minimum absolute atomic E-state index is 0.126. The summed E-state index contributed by atoms with van der Waals surface area (Å²) in [5.41, 5.74) is 0.927. The summed E-state index contributed by atoms with van der Waals surface area (Å²) in [6.07, 6.45) is 2.64. The van der Waals surface area contributed by atoms with Crippen molar-refractivity contribution in [3.63, 3.8) is 0 Å². The number of halogens is 3. The van der Waals surface area contributed by atoms with Gasteiger partial charge in [0.1, 0.15) is 0 Å². The number of benzene rings is 1. The molecule has 0 aliphatic rings. The molecule has 1 atom stereocenters. The van der Waals surface area contributed by atoms with Crippen molar-refractivity contribution in [1.29, 1.82) is 0 Å². The molecule has 0 aliphatic carbocycles. The van der Waals surface area contributed by atoms with Gasteiger partial charge in [0.15, 0.2) is 4.74 Å². The maximum atomic E-state index is 12.5. The van der Waals surface area contributed by atoms with Crippen LogP contribution in [0.2, 0.25) is 10.0 Å². The van der Waals surface area contributed by atoms with E-state index in [0.717, 1.165) is 23.6 Å². The van der Waals surface area contributed by atoms with Crippen LogP contribution >= 0.6 is 51.1 Å². The molecule has 172 valence electrons. The van der Waals surface area contributed by atoms with Gasteiger partial charge in [-0.05, 0) is 65.5 Å². The average Bonchev–Trinajstić information content (AvgIpc) is 2.71. The summed E-state index contributed by atoms with van der Waals surface area (Å²) in [7, 11) is 3.22. The second-order valence-corrected chi connectivity index (χ2v) is 9.47. The molecule has 0 radical (unpaired) electrons. The summed E-state index contributed by atoms with van der Waals surface area (Å²) in [5, 5.41) is 10.6. The van der Waals surface area contributed by atoms with Crippen LogP contribution in [0.4, 0.5) is 0 Å². The van der Waals surface area contributed by atoms with E-state index < -0.39 is 12.0 Å². The molecule has 7 nitrogen and oxygen atoms in total. The first-order chi connectivity index (χ1) is 15.0. The number of pyridine rings is 1. The molecular weight excluding hydrogens is 539 g/mol. The molecule has 1 aromatic carbocycles. The van der Waals surface area contributed by atoms with Crippen molar-refractivity contribution in [3.05, 3.63) is 74.3 Å². The van der Waals surface area contributed by atoms with Gasteiger partial charge >= 0.3 is 5.97 Å². The topological polar surface area (TPSA) is 86.9 Å². The largest absolute Gasteiger partial charge is 0.478 e. The molecular formula is C21H23BrCl2N4O3S. The van der Waals surface area contributed by atoms with Crippen molar-refractivity contribution < 1.29 is 9.90 Å². The predicted octanol–water partition coefficient (Wildman–Crippen LogP) is 5.09. The molecule has 1 unspecified atom stereocenters. The number of amidine groups is 1. The number of aliphatic carboxylic acids is 1. The second kappa shape index (κ2) is 11.9. The molecule has 11 heteroatoms. The number of rotatable bonds is 8. The maximum absolute atomic E-state index is 12.5. The quantitative estimate of drug-likeness (QED) is 0.153. The van der Waals surface area contributed by atoms with Gasteiger partial charge in [-0.25, -0.2) is 9.52 Å². The molecule has 1 heterocycles. The molecule has 0 spiro atoms. The minimum Gasteiger partial charge on any atom is -0.478 e. The lowest BCUT2D eigenvalue weighted by atomic mass is 10.0. The molecule has 0 saturated heterocycles. The fraction of sp³-hybridized carbons (Fsp3) is 0.286. The highest BCUT2D eigenvalue weighted by Crippen LogP contribution is 2.32. The van der Waals surface area contributed by atoms with E-state index in [1.807, 2.05) is 13.8 Å². The van der Waals surface area contributed by atoms with Gasteiger partial charge < -0.3 is 14.6 Å². The summed E-state index contributed by atoms with van der Waals surface area (Å²) in [5.74, 6) is -1.12. The molecule has 2 aromatic rings. The Labute approximate surface area is 209 Å². The Morgan fingerprint density at radius 3 is 2.44 bits per heavy atom. The molecule has 0 bridgehead atoms. The lowest BCUT2D eigenvalue weighted by molar-refractivity contribution is -0.131. The highest BCUT2D eigenvalue weighted by atomic mass is 79.9. The van der Waals surface area contributed by atoms with E-state index in [2.05, 4.69) is 25.6 Å². The van der Waals surface area contributed by atoms with Crippen LogP contribution < -0.4 is 10.3 Å². The van der Waals surface area contributed by atoms with Crippen LogP contribution in [-0.4, -0.2) is 38.4 Å². The maximum Gasteiger partial charge on any atom is 0.330 e. The van der Waals surface area contributed by atoms with Crippen molar-refractivity contribution in [3.8, 4) is 0 Å². The number of aromatic nitrogens is 1. The first-order valence-corrected chi connectivity index (χ1v) is 11.8. The Kier molecular flexibility index (Phi) is 9.84. The normalized spacial score (nSPS) is 13.4. The van der Waals surface area contributed by atoms with Gasteiger partial charge in [0.2, 0.25) is 0 Å². The Bertz CT molecular complexity index is 1090. The van der Waals surface area contributed by atoms with Gasteiger partial charge in [0.25, 0.3) is 5.56 Å². The molecule has 32 heavy (non-hydrogen) atoms. The van der Waals surface area contributed by atoms with Gasteiger partial charge in [0, 0.05) is 43.1 Å². The average molecular weight is 562 g/mol. The Morgan fingerprint density at radius 2 is 1.91 bits per heavy atom. The van der Waals surface area contributed by atoms with Gasteiger partial charge in [-0.3, -0.25) is 9.79 Å². The van der Waals surface area contributed by atoms with Gasteiger partial charge in [0.05, 0.1) is 16.0 Å². The highest BCUT2D eigenvalue weighted by molar-refractivity contribution is 9.18. The molecule has 0 fully saturated rings. The number of carboxylic acids is 1. The van der Waals surface area contributed by atoms with Crippen LogP contribution in [0.15, 0.2) is 63.0 Å². The fourth-order valence-electron chi connectivity index (χ4n) is 2.94. The van der Waals surface area contributed by atoms with Gasteiger partial charge in [-0.15, -0.1) is 0 Å². The van der Waals surface area contributed by atoms with Crippen molar-refractivity contribution in [2.24, 2.45) is 12.0 Å². The number of carboxylic acid groups (broad SMARTS) is 1. The first-order valence-electron chi connectivity index (χ1n) is 9.45. The Balaban J connectivity index is 2.61. The van der Waals surface area contributed by atoms with E-state index in [-0.39, 0.29) is 11.6 Å². The van der Waals surface area contributed by atoms with Gasteiger partial charge in [-0.1, -0.05) is 35.3 Å². The summed E-state index contributed by atoms with van der Waals surface area (Å²) in [4.78, 5) is 30.6. The zero-order valence-corrected chi connectivity index (χ0v) is 21.8. The van der Waals surface area contributed by atoms with E-state index in [1.54, 1.807) is 49.3 Å². The standard InChI is InChI=1S/C21H23BrCl2N4O3S/c1-12(2)28(21(22)25-3)16(10-18(29)30)19(13-5-7-14(23)8-6-13)26-32-17-9-15(24)11-27(4)20(17)31/h5-12,19,26H,1-4H3,(H,29,30)/b16-10+,25-21?. The van der Waals surface area contributed by atoms with Crippen molar-refractivity contribution in [1.82, 2.24) is 14.2 Å². The second-order valence-electron chi connectivity index (χ2n) is 7.01. The summed E-state index contributed by atoms with van der Waals surface area (Å²) in [6, 6.07) is 7.83. The number of aliphatic imine (C=N–C) groups is 1. The third-order valence-electron chi connectivity index (χ3n) is 4.35. The van der Waals surface area contributed by atoms with Crippen molar-refractivity contribution in [2.45, 2.75) is 30.8 Å². The summed E-state index contributed by atoms with van der Waals surface area (Å²) >= 11 is 16.7. The molecule has 0 amide bonds. The van der Waals surface area contributed by atoms with Crippen LogP contribution in [-0.2, 0) is 11.8 Å². The molecule has 2 rings (SSSR count). The monoisotopic (exact) mass is 560 g/mol. The molecule has 1 aromatic heterocycles. The van der Waals surface area contributed by atoms with Crippen LogP contribution in [0.1, 0.15) is 25.5 Å².